The zero-order valence-electron chi connectivity index (χ0n) is 18.0. The van der Waals surface area contributed by atoms with E-state index in [-0.39, 0.29) is 11.9 Å². The normalized spacial score (nSPS) is 17.1. The minimum Gasteiger partial charge on any atom is -0.384 e. The molecule has 0 bridgehead atoms. The molecule has 2 N–H and O–H groups in total. The lowest BCUT2D eigenvalue weighted by Crippen LogP contribution is -2.38. The molecular weight excluding hydrogens is 405 g/mol. The number of halogens is 1. The van der Waals surface area contributed by atoms with Crippen molar-refractivity contribution >= 4 is 16.7 Å². The van der Waals surface area contributed by atoms with Crippen LogP contribution in [0.2, 0.25) is 0 Å². The highest BCUT2D eigenvalue weighted by molar-refractivity contribution is 5.84. The van der Waals surface area contributed by atoms with Crippen LogP contribution in [0.25, 0.3) is 22.0 Å². The minimum atomic E-state index is -0.201. The number of benzene rings is 1. The molecule has 7 heteroatoms. The highest BCUT2D eigenvalue weighted by Crippen LogP contribution is 2.28. The third kappa shape index (κ3) is 4.09. The number of ether oxygens (including phenoxy) is 1. The first kappa shape index (κ1) is 20.6. The van der Waals surface area contributed by atoms with Gasteiger partial charge in [0.05, 0.1) is 17.8 Å². The van der Waals surface area contributed by atoms with Crippen LogP contribution in [-0.4, -0.2) is 39.1 Å². The molecule has 0 unspecified atom stereocenters. The number of hydrogen-bond donors (Lipinski definition) is 1. The summed E-state index contributed by atoms with van der Waals surface area (Å²) in [4.78, 5) is 11.2. The smallest absolute Gasteiger partial charge is 0.125 e. The SMILES string of the molecule is CCn1cc(CN2CCO[C@@H](c3ccc(-c4ccc(N)nc4)cn3)C2)c2ccc(F)cc21. The summed E-state index contributed by atoms with van der Waals surface area (Å²) in [5.41, 5.74) is 10.7. The Hall–Kier alpha value is -3.29. The molecule has 1 aliphatic rings. The maximum Gasteiger partial charge on any atom is 0.125 e. The number of nitrogen functional groups attached to an aromatic ring is 1. The fourth-order valence-corrected chi connectivity index (χ4v) is 4.34. The van der Waals surface area contributed by atoms with E-state index in [0.29, 0.717) is 12.4 Å². The molecule has 4 heterocycles. The van der Waals surface area contributed by atoms with E-state index in [1.807, 2.05) is 30.5 Å². The van der Waals surface area contributed by atoms with Gasteiger partial charge >= 0.3 is 0 Å². The van der Waals surface area contributed by atoms with Crippen molar-refractivity contribution in [3.63, 3.8) is 0 Å². The van der Waals surface area contributed by atoms with Crippen molar-refractivity contribution in [2.24, 2.45) is 0 Å². The molecule has 0 saturated carbocycles. The maximum absolute atomic E-state index is 13.8. The van der Waals surface area contributed by atoms with Crippen molar-refractivity contribution in [2.45, 2.75) is 26.1 Å². The predicted octanol–water partition coefficient (Wildman–Crippen LogP) is 4.41. The molecule has 3 aromatic heterocycles. The van der Waals surface area contributed by atoms with Crippen molar-refractivity contribution in [2.75, 3.05) is 25.4 Å². The highest BCUT2D eigenvalue weighted by atomic mass is 19.1. The molecule has 0 amide bonds. The Morgan fingerprint density at radius 2 is 1.91 bits per heavy atom. The molecule has 1 aromatic carbocycles. The average molecular weight is 432 g/mol. The second-order valence-corrected chi connectivity index (χ2v) is 8.14. The van der Waals surface area contributed by atoms with E-state index in [1.165, 1.54) is 11.6 Å². The molecule has 6 nitrogen and oxygen atoms in total. The molecular formula is C25H26FN5O. The van der Waals surface area contributed by atoms with Gasteiger partial charge in [0.1, 0.15) is 17.7 Å². The van der Waals surface area contributed by atoms with Crippen LogP contribution in [0.1, 0.15) is 24.3 Å². The number of aryl methyl sites for hydroxylation is 1. The van der Waals surface area contributed by atoms with Crippen LogP contribution >= 0.6 is 0 Å². The molecule has 1 saturated heterocycles. The predicted molar refractivity (Wildman–Crippen MR) is 123 cm³/mol. The summed E-state index contributed by atoms with van der Waals surface area (Å²) in [6.45, 7) is 5.95. The van der Waals surface area contributed by atoms with Gasteiger partial charge in [0, 0.05) is 61.3 Å². The molecule has 32 heavy (non-hydrogen) atoms. The van der Waals surface area contributed by atoms with Gasteiger partial charge in [0.15, 0.2) is 0 Å². The van der Waals surface area contributed by atoms with Gasteiger partial charge in [-0.05, 0) is 48.9 Å². The van der Waals surface area contributed by atoms with E-state index in [9.17, 15) is 4.39 Å². The summed E-state index contributed by atoms with van der Waals surface area (Å²) in [5.74, 6) is 0.300. The first-order valence-corrected chi connectivity index (χ1v) is 10.9. The molecule has 0 radical (unpaired) electrons. The van der Waals surface area contributed by atoms with Gasteiger partial charge in [-0.25, -0.2) is 9.37 Å². The van der Waals surface area contributed by atoms with Gasteiger partial charge in [-0.3, -0.25) is 9.88 Å². The lowest BCUT2D eigenvalue weighted by atomic mass is 10.1. The van der Waals surface area contributed by atoms with E-state index < -0.39 is 0 Å². The molecule has 164 valence electrons. The second kappa shape index (κ2) is 8.68. The maximum atomic E-state index is 13.8. The number of aromatic nitrogens is 3. The number of hydrogen-bond acceptors (Lipinski definition) is 5. The fourth-order valence-electron chi connectivity index (χ4n) is 4.34. The Labute approximate surface area is 186 Å². The van der Waals surface area contributed by atoms with Crippen LogP contribution in [-0.2, 0) is 17.8 Å². The van der Waals surface area contributed by atoms with Crippen LogP contribution < -0.4 is 5.73 Å². The van der Waals surface area contributed by atoms with E-state index in [2.05, 4.69) is 32.6 Å². The highest BCUT2D eigenvalue weighted by Gasteiger charge is 2.24. The summed E-state index contributed by atoms with van der Waals surface area (Å²) in [6.07, 6.45) is 5.67. The first-order chi connectivity index (χ1) is 15.6. The number of fused-ring (bicyclic) bond motifs is 1. The quantitative estimate of drug-likeness (QED) is 0.507. The van der Waals surface area contributed by atoms with Gasteiger partial charge in [0.2, 0.25) is 0 Å². The number of nitrogens with two attached hydrogens (primary N) is 1. The number of pyridine rings is 2. The van der Waals surface area contributed by atoms with Crippen molar-refractivity contribution in [1.82, 2.24) is 19.4 Å². The summed E-state index contributed by atoms with van der Waals surface area (Å²) in [7, 11) is 0. The Bertz CT molecular complexity index is 1220. The molecule has 4 aromatic rings. The molecule has 1 atom stereocenters. The van der Waals surface area contributed by atoms with Crippen LogP contribution in [0.5, 0.6) is 0 Å². The molecule has 0 spiro atoms. The molecule has 0 aliphatic carbocycles. The fraction of sp³-hybridized carbons (Fsp3) is 0.280. The second-order valence-electron chi connectivity index (χ2n) is 8.14. The van der Waals surface area contributed by atoms with Crippen LogP contribution in [0.15, 0.2) is 61.1 Å². The van der Waals surface area contributed by atoms with Gasteiger partial charge in [-0.1, -0.05) is 6.07 Å². The number of rotatable bonds is 5. The first-order valence-electron chi connectivity index (χ1n) is 10.9. The summed E-state index contributed by atoms with van der Waals surface area (Å²) in [6, 6.07) is 12.8. The lowest BCUT2D eigenvalue weighted by molar-refractivity contribution is -0.0348. The number of anilines is 1. The van der Waals surface area contributed by atoms with Gasteiger partial charge in [-0.15, -0.1) is 0 Å². The lowest BCUT2D eigenvalue weighted by Gasteiger charge is -2.32. The van der Waals surface area contributed by atoms with Crippen molar-refractivity contribution < 1.29 is 9.13 Å². The zero-order chi connectivity index (χ0) is 22.1. The monoisotopic (exact) mass is 431 g/mol. The Morgan fingerprint density at radius 3 is 2.62 bits per heavy atom. The standard InChI is InChI=1S/C25H26FN5O/c1-2-31-15-19(21-6-5-20(26)11-23(21)31)14-30-9-10-32-24(16-30)22-7-3-17(12-28-22)18-4-8-25(27)29-13-18/h3-8,11-13,15,24H,2,9-10,14,16H2,1H3,(H2,27,29)/t24-/m1/s1. The Kier molecular flexibility index (Phi) is 5.59. The summed E-state index contributed by atoms with van der Waals surface area (Å²) < 4.78 is 21.9. The van der Waals surface area contributed by atoms with Gasteiger partial charge in [0.25, 0.3) is 0 Å². The Balaban J connectivity index is 1.32. The average Bonchev–Trinajstić information content (AvgIpc) is 3.16. The molecule has 5 rings (SSSR count). The van der Waals surface area contributed by atoms with Crippen LogP contribution in [0, 0.1) is 5.82 Å². The van der Waals surface area contributed by atoms with E-state index in [4.69, 9.17) is 10.5 Å². The van der Waals surface area contributed by atoms with Gasteiger partial charge < -0.3 is 15.0 Å². The topological polar surface area (TPSA) is 69.2 Å². The molecule has 1 fully saturated rings. The van der Waals surface area contributed by atoms with E-state index >= 15 is 0 Å². The van der Waals surface area contributed by atoms with Crippen molar-refractivity contribution in [3.05, 3.63) is 78.1 Å². The Morgan fingerprint density at radius 1 is 1.09 bits per heavy atom. The number of nitrogens with zero attached hydrogens (tertiary/aromatic N) is 4. The van der Waals surface area contributed by atoms with E-state index in [0.717, 1.165) is 53.9 Å². The number of morpholine rings is 1. The largest absolute Gasteiger partial charge is 0.384 e. The van der Waals surface area contributed by atoms with E-state index in [1.54, 1.807) is 18.3 Å². The van der Waals surface area contributed by atoms with Crippen molar-refractivity contribution in [3.8, 4) is 11.1 Å². The molecule has 1 aliphatic heterocycles. The minimum absolute atomic E-state index is 0.0840. The summed E-state index contributed by atoms with van der Waals surface area (Å²) >= 11 is 0. The third-order valence-corrected chi connectivity index (χ3v) is 6.05. The van der Waals surface area contributed by atoms with Crippen LogP contribution in [0.3, 0.4) is 0 Å². The zero-order valence-corrected chi connectivity index (χ0v) is 18.0. The van der Waals surface area contributed by atoms with Gasteiger partial charge in [-0.2, -0.15) is 0 Å². The van der Waals surface area contributed by atoms with Crippen LogP contribution in [0.4, 0.5) is 10.2 Å². The van der Waals surface area contributed by atoms with Crippen molar-refractivity contribution in [1.29, 1.82) is 0 Å². The summed E-state index contributed by atoms with van der Waals surface area (Å²) in [5, 5.41) is 1.11. The third-order valence-electron chi connectivity index (χ3n) is 6.05.